The number of nitrogens with zero attached hydrogens (tertiary/aromatic N) is 2. The summed E-state index contributed by atoms with van der Waals surface area (Å²) in [7, 11) is 0. The number of rotatable bonds is 4. The molecule has 1 fully saturated rings. The molecule has 3 aromatic rings. The van der Waals surface area contributed by atoms with Crippen molar-refractivity contribution in [2.24, 2.45) is 5.92 Å². The molecule has 2 heterocycles. The van der Waals surface area contributed by atoms with E-state index in [9.17, 15) is 9.90 Å². The number of aliphatic hydroxyl groups is 1. The molecule has 0 saturated carbocycles. The lowest BCUT2D eigenvalue weighted by atomic mass is 9.72. The molecule has 5 heteroatoms. The predicted molar refractivity (Wildman–Crippen MR) is 101 cm³/mol. The van der Waals surface area contributed by atoms with Crippen LogP contribution in [0.4, 0.5) is 0 Å². The molecule has 1 aliphatic heterocycles. The minimum absolute atomic E-state index is 0.0173. The maximum Gasteiger partial charge on any atom is 0.275 e. The van der Waals surface area contributed by atoms with Gasteiger partial charge >= 0.3 is 0 Å². The molecule has 1 saturated heterocycles. The highest BCUT2D eigenvalue weighted by Gasteiger charge is 2.42. The van der Waals surface area contributed by atoms with Crippen LogP contribution in [-0.2, 0) is 5.60 Å². The van der Waals surface area contributed by atoms with Crippen molar-refractivity contribution >= 4 is 5.91 Å². The number of amides is 1. The number of carbonyl (C=O) groups excluding carboxylic acids is 1. The first kappa shape index (κ1) is 17.5. The fraction of sp³-hybridized carbons (Fsp3) is 0.273. The van der Waals surface area contributed by atoms with Crippen LogP contribution < -0.4 is 0 Å². The Bertz CT molecular complexity index is 831. The van der Waals surface area contributed by atoms with Gasteiger partial charge in [0.2, 0.25) is 0 Å². The lowest BCUT2D eigenvalue weighted by Gasteiger charge is -2.42. The molecule has 0 atom stereocenters. The SMILES string of the molecule is O=C(c1cocn1)N1CCC(C(O)(c2ccccc2)c2ccccc2)CC1. The minimum atomic E-state index is -1.08. The van der Waals surface area contributed by atoms with E-state index in [1.807, 2.05) is 60.7 Å². The van der Waals surface area contributed by atoms with Crippen LogP contribution in [0.25, 0.3) is 0 Å². The van der Waals surface area contributed by atoms with Gasteiger partial charge in [-0.3, -0.25) is 4.79 Å². The molecular weight excluding hydrogens is 340 g/mol. The first-order chi connectivity index (χ1) is 13.2. The smallest absolute Gasteiger partial charge is 0.275 e. The van der Waals surface area contributed by atoms with E-state index in [1.165, 1.54) is 12.7 Å². The van der Waals surface area contributed by atoms with E-state index in [2.05, 4.69) is 4.98 Å². The molecule has 0 radical (unpaired) electrons. The zero-order valence-corrected chi connectivity index (χ0v) is 15.0. The minimum Gasteiger partial charge on any atom is -0.451 e. The van der Waals surface area contributed by atoms with Crippen LogP contribution in [0.2, 0.25) is 0 Å². The van der Waals surface area contributed by atoms with Crippen LogP contribution in [0, 0.1) is 5.92 Å². The molecule has 0 unspecified atom stereocenters. The Balaban J connectivity index is 1.59. The highest BCUT2D eigenvalue weighted by Crippen LogP contribution is 2.41. The Morgan fingerprint density at radius 2 is 1.56 bits per heavy atom. The number of likely N-dealkylation sites (tertiary alicyclic amines) is 1. The Morgan fingerprint density at radius 3 is 2.04 bits per heavy atom. The molecule has 1 aliphatic rings. The Hall–Kier alpha value is -2.92. The largest absolute Gasteiger partial charge is 0.451 e. The summed E-state index contributed by atoms with van der Waals surface area (Å²) in [6.07, 6.45) is 4.07. The van der Waals surface area contributed by atoms with Gasteiger partial charge in [-0.05, 0) is 29.9 Å². The monoisotopic (exact) mass is 362 g/mol. The zero-order valence-electron chi connectivity index (χ0n) is 15.0. The van der Waals surface area contributed by atoms with Gasteiger partial charge in [0, 0.05) is 13.1 Å². The van der Waals surface area contributed by atoms with Crippen LogP contribution in [-0.4, -0.2) is 34.0 Å². The fourth-order valence-corrected chi connectivity index (χ4v) is 4.00. The van der Waals surface area contributed by atoms with Gasteiger partial charge < -0.3 is 14.4 Å². The standard InChI is InChI=1S/C22H22N2O3/c25-21(20-15-27-16-23-20)24-13-11-19(12-14-24)22(26,17-7-3-1-4-8-17)18-9-5-2-6-10-18/h1-10,15-16,19,26H,11-14H2. The lowest BCUT2D eigenvalue weighted by molar-refractivity contribution is -0.0123. The molecule has 1 aromatic heterocycles. The molecule has 138 valence electrons. The van der Waals surface area contributed by atoms with Gasteiger partial charge in [-0.1, -0.05) is 60.7 Å². The second kappa shape index (κ2) is 7.37. The number of piperidine rings is 1. The van der Waals surface area contributed by atoms with Crippen molar-refractivity contribution in [2.45, 2.75) is 18.4 Å². The number of oxazole rings is 1. The van der Waals surface area contributed by atoms with Crippen LogP contribution in [0.1, 0.15) is 34.5 Å². The number of hydrogen-bond acceptors (Lipinski definition) is 4. The zero-order chi connectivity index (χ0) is 18.7. The number of hydrogen-bond donors (Lipinski definition) is 1. The van der Waals surface area contributed by atoms with E-state index in [-0.39, 0.29) is 11.8 Å². The molecule has 27 heavy (non-hydrogen) atoms. The van der Waals surface area contributed by atoms with E-state index < -0.39 is 5.60 Å². The second-order valence-electron chi connectivity index (χ2n) is 6.94. The van der Waals surface area contributed by atoms with E-state index in [1.54, 1.807) is 4.90 Å². The molecular formula is C22H22N2O3. The van der Waals surface area contributed by atoms with Crippen LogP contribution in [0.5, 0.6) is 0 Å². The van der Waals surface area contributed by atoms with E-state index in [4.69, 9.17) is 4.42 Å². The molecule has 0 bridgehead atoms. The number of aromatic nitrogens is 1. The summed E-state index contributed by atoms with van der Waals surface area (Å²) in [6.45, 7) is 1.16. The molecule has 1 N–H and O–H groups in total. The Morgan fingerprint density at radius 1 is 1.00 bits per heavy atom. The topological polar surface area (TPSA) is 66.6 Å². The molecule has 4 rings (SSSR count). The average molecular weight is 362 g/mol. The summed E-state index contributed by atoms with van der Waals surface area (Å²) in [4.78, 5) is 18.2. The van der Waals surface area contributed by atoms with Crippen molar-refractivity contribution in [1.82, 2.24) is 9.88 Å². The maximum absolute atomic E-state index is 12.5. The molecule has 2 aromatic carbocycles. The average Bonchev–Trinajstić information content (AvgIpc) is 3.29. The van der Waals surface area contributed by atoms with E-state index in [0.717, 1.165) is 11.1 Å². The fourth-order valence-electron chi connectivity index (χ4n) is 4.00. The Labute approximate surface area is 158 Å². The van der Waals surface area contributed by atoms with Gasteiger partial charge in [-0.2, -0.15) is 0 Å². The van der Waals surface area contributed by atoms with Crippen molar-refractivity contribution in [3.63, 3.8) is 0 Å². The summed E-state index contributed by atoms with van der Waals surface area (Å²) in [5.41, 5.74) is 1.02. The van der Waals surface area contributed by atoms with Gasteiger partial charge in [0.1, 0.15) is 11.9 Å². The van der Waals surface area contributed by atoms with Gasteiger partial charge in [0.25, 0.3) is 5.91 Å². The molecule has 1 amide bonds. The highest BCUT2D eigenvalue weighted by molar-refractivity contribution is 5.91. The van der Waals surface area contributed by atoms with Crippen LogP contribution in [0.15, 0.2) is 77.7 Å². The quantitative estimate of drug-likeness (QED) is 0.772. The summed E-state index contributed by atoms with van der Waals surface area (Å²) in [6, 6.07) is 19.6. The first-order valence-electron chi connectivity index (χ1n) is 9.20. The molecule has 5 nitrogen and oxygen atoms in total. The van der Waals surface area contributed by atoms with Crippen molar-refractivity contribution in [3.05, 3.63) is 90.1 Å². The van der Waals surface area contributed by atoms with Gasteiger partial charge in [-0.15, -0.1) is 0 Å². The first-order valence-corrected chi connectivity index (χ1v) is 9.20. The summed E-state index contributed by atoms with van der Waals surface area (Å²) < 4.78 is 4.92. The predicted octanol–water partition coefficient (Wildman–Crippen LogP) is 3.46. The van der Waals surface area contributed by atoms with Crippen molar-refractivity contribution in [2.75, 3.05) is 13.1 Å². The van der Waals surface area contributed by atoms with E-state index >= 15 is 0 Å². The van der Waals surface area contributed by atoms with E-state index in [0.29, 0.717) is 31.6 Å². The van der Waals surface area contributed by atoms with Crippen LogP contribution >= 0.6 is 0 Å². The molecule has 0 aliphatic carbocycles. The highest BCUT2D eigenvalue weighted by atomic mass is 16.3. The number of carbonyl (C=O) groups is 1. The maximum atomic E-state index is 12.5. The third kappa shape index (κ3) is 3.26. The molecule has 0 spiro atoms. The van der Waals surface area contributed by atoms with Crippen LogP contribution in [0.3, 0.4) is 0 Å². The second-order valence-corrected chi connectivity index (χ2v) is 6.94. The third-order valence-electron chi connectivity index (χ3n) is 5.45. The van der Waals surface area contributed by atoms with Gasteiger partial charge in [-0.25, -0.2) is 4.98 Å². The lowest BCUT2D eigenvalue weighted by Crippen LogP contribution is -2.46. The third-order valence-corrected chi connectivity index (χ3v) is 5.45. The van der Waals surface area contributed by atoms with Gasteiger partial charge in [0.15, 0.2) is 12.1 Å². The van der Waals surface area contributed by atoms with Crippen molar-refractivity contribution in [1.29, 1.82) is 0 Å². The summed E-state index contributed by atoms with van der Waals surface area (Å²) in [5, 5.41) is 11.9. The van der Waals surface area contributed by atoms with Crippen molar-refractivity contribution < 1.29 is 14.3 Å². The normalized spacial score (nSPS) is 15.7. The summed E-state index contributed by atoms with van der Waals surface area (Å²) in [5.74, 6) is -0.103. The Kier molecular flexibility index (Phi) is 4.77. The summed E-state index contributed by atoms with van der Waals surface area (Å²) >= 11 is 0. The van der Waals surface area contributed by atoms with Crippen molar-refractivity contribution in [3.8, 4) is 0 Å². The number of benzene rings is 2. The van der Waals surface area contributed by atoms with Gasteiger partial charge in [0.05, 0.1) is 0 Å².